The van der Waals surface area contributed by atoms with Crippen molar-refractivity contribution in [3.05, 3.63) is 29.8 Å². The molecular weight excluding hydrogens is 202 g/mol. The molecule has 0 aliphatic carbocycles. The lowest BCUT2D eigenvalue weighted by Crippen LogP contribution is -2.09. The van der Waals surface area contributed by atoms with E-state index in [1.165, 1.54) is 0 Å². The molecule has 0 saturated heterocycles. The number of carbonyl (C=O) groups excluding carboxylic acids is 1. The van der Waals surface area contributed by atoms with E-state index in [-0.39, 0.29) is 12.5 Å². The molecule has 0 aliphatic rings. The maximum absolute atomic E-state index is 11.2. The Kier molecular flexibility index (Phi) is 5.10. The molecule has 0 aromatic heterocycles. The van der Waals surface area contributed by atoms with E-state index in [0.29, 0.717) is 12.8 Å². The number of rotatable bonds is 3. The Morgan fingerprint density at radius 1 is 1.50 bits per heavy atom. The van der Waals surface area contributed by atoms with Crippen LogP contribution in [-0.4, -0.2) is 17.6 Å². The molecule has 2 N–H and O–H groups in total. The van der Waals surface area contributed by atoms with Crippen LogP contribution in [0.3, 0.4) is 0 Å². The zero-order valence-electron chi connectivity index (χ0n) is 9.29. The van der Waals surface area contributed by atoms with Crippen LogP contribution in [0.5, 0.6) is 0 Å². The Morgan fingerprint density at radius 2 is 2.31 bits per heavy atom. The fraction of sp³-hybridized carbons (Fsp3) is 0.308. The second-order valence-corrected chi connectivity index (χ2v) is 3.26. The lowest BCUT2D eigenvalue weighted by Gasteiger charge is -2.03. The molecule has 16 heavy (non-hydrogen) atoms. The first-order valence-electron chi connectivity index (χ1n) is 5.26. The molecule has 0 saturated carbocycles. The fourth-order valence-electron chi connectivity index (χ4n) is 1.14. The van der Waals surface area contributed by atoms with Gasteiger partial charge < -0.3 is 10.4 Å². The summed E-state index contributed by atoms with van der Waals surface area (Å²) in [5.41, 5.74) is 1.59. The molecule has 0 bridgehead atoms. The maximum atomic E-state index is 11.2. The molecule has 3 nitrogen and oxygen atoms in total. The van der Waals surface area contributed by atoms with Crippen molar-refractivity contribution < 1.29 is 9.90 Å². The summed E-state index contributed by atoms with van der Waals surface area (Å²) in [7, 11) is 0. The zero-order chi connectivity index (χ0) is 11.8. The summed E-state index contributed by atoms with van der Waals surface area (Å²) >= 11 is 0. The van der Waals surface area contributed by atoms with Crippen LogP contribution in [0.1, 0.15) is 25.3 Å². The van der Waals surface area contributed by atoms with Crippen LogP contribution < -0.4 is 5.32 Å². The molecule has 0 spiro atoms. The summed E-state index contributed by atoms with van der Waals surface area (Å²) in [6.45, 7) is 1.87. The second kappa shape index (κ2) is 6.65. The highest BCUT2D eigenvalue weighted by molar-refractivity contribution is 5.90. The number of hydrogen-bond acceptors (Lipinski definition) is 2. The molecule has 0 aliphatic heterocycles. The summed E-state index contributed by atoms with van der Waals surface area (Å²) in [6.07, 6.45) is 0.923. The van der Waals surface area contributed by atoms with Crippen molar-refractivity contribution in [3.63, 3.8) is 0 Å². The molecule has 0 fully saturated rings. The number of amides is 1. The highest BCUT2D eigenvalue weighted by Gasteiger charge is 1.98. The summed E-state index contributed by atoms with van der Waals surface area (Å²) in [5, 5.41) is 11.4. The van der Waals surface area contributed by atoms with Crippen molar-refractivity contribution in [2.75, 3.05) is 11.9 Å². The first-order valence-corrected chi connectivity index (χ1v) is 5.26. The predicted molar refractivity (Wildman–Crippen MR) is 63.9 cm³/mol. The molecule has 84 valence electrons. The molecule has 0 unspecified atom stereocenters. The van der Waals surface area contributed by atoms with Crippen molar-refractivity contribution in [2.24, 2.45) is 0 Å². The minimum atomic E-state index is -0.0135. The molecule has 0 heterocycles. The number of nitrogens with one attached hydrogen (secondary N) is 1. The van der Waals surface area contributed by atoms with E-state index >= 15 is 0 Å². The van der Waals surface area contributed by atoms with E-state index in [1.807, 2.05) is 24.3 Å². The third-order valence-electron chi connectivity index (χ3n) is 1.94. The average Bonchev–Trinajstić information content (AvgIpc) is 2.30. The minimum absolute atomic E-state index is 0.0135. The lowest BCUT2D eigenvalue weighted by molar-refractivity contribution is -0.115. The fourth-order valence-corrected chi connectivity index (χ4v) is 1.14. The van der Waals surface area contributed by atoms with E-state index < -0.39 is 0 Å². The predicted octanol–water partition coefficient (Wildman–Crippen LogP) is 1.77. The number of carbonyl (C=O) groups is 1. The summed E-state index contributed by atoms with van der Waals surface area (Å²) in [5.74, 6) is 5.74. The zero-order valence-corrected chi connectivity index (χ0v) is 9.29. The van der Waals surface area contributed by atoms with Crippen molar-refractivity contribution in [1.82, 2.24) is 0 Å². The minimum Gasteiger partial charge on any atom is -0.395 e. The van der Waals surface area contributed by atoms with Gasteiger partial charge in [0.25, 0.3) is 0 Å². The Morgan fingerprint density at radius 3 is 3.00 bits per heavy atom. The van der Waals surface area contributed by atoms with Gasteiger partial charge in [0, 0.05) is 24.1 Å². The van der Waals surface area contributed by atoms with Crippen molar-refractivity contribution in [2.45, 2.75) is 19.8 Å². The van der Waals surface area contributed by atoms with E-state index in [4.69, 9.17) is 5.11 Å². The first-order chi connectivity index (χ1) is 7.76. The molecule has 3 heteroatoms. The molecule has 0 radical (unpaired) electrons. The highest BCUT2D eigenvalue weighted by atomic mass is 16.2. The summed E-state index contributed by atoms with van der Waals surface area (Å²) < 4.78 is 0. The summed E-state index contributed by atoms with van der Waals surface area (Å²) in [4.78, 5) is 11.2. The maximum Gasteiger partial charge on any atom is 0.224 e. The molecule has 1 aromatic carbocycles. The number of hydrogen-bond donors (Lipinski definition) is 2. The molecule has 1 amide bonds. The quantitative estimate of drug-likeness (QED) is 0.758. The topological polar surface area (TPSA) is 49.3 Å². The van der Waals surface area contributed by atoms with Crippen LogP contribution in [0.4, 0.5) is 5.69 Å². The van der Waals surface area contributed by atoms with Crippen LogP contribution in [0, 0.1) is 11.8 Å². The number of benzene rings is 1. The van der Waals surface area contributed by atoms with Gasteiger partial charge in [-0.1, -0.05) is 24.8 Å². The van der Waals surface area contributed by atoms with E-state index in [0.717, 1.165) is 11.3 Å². The van der Waals surface area contributed by atoms with Gasteiger partial charge in [-0.3, -0.25) is 4.79 Å². The van der Waals surface area contributed by atoms with Crippen LogP contribution >= 0.6 is 0 Å². The number of aliphatic hydroxyl groups excluding tert-OH is 1. The van der Waals surface area contributed by atoms with Crippen molar-refractivity contribution in [1.29, 1.82) is 0 Å². The van der Waals surface area contributed by atoms with Crippen LogP contribution in [-0.2, 0) is 4.79 Å². The lowest BCUT2D eigenvalue weighted by atomic mass is 10.2. The van der Waals surface area contributed by atoms with Gasteiger partial charge in [0.05, 0.1) is 6.61 Å². The number of anilines is 1. The normalized spacial score (nSPS) is 9.12. The Bertz CT molecular complexity index is 415. The molecule has 1 rings (SSSR count). The Hall–Kier alpha value is -1.79. The van der Waals surface area contributed by atoms with E-state index in [2.05, 4.69) is 17.2 Å². The monoisotopic (exact) mass is 217 g/mol. The van der Waals surface area contributed by atoms with Crippen LogP contribution in [0.2, 0.25) is 0 Å². The van der Waals surface area contributed by atoms with Crippen molar-refractivity contribution in [3.8, 4) is 11.8 Å². The molecule has 0 atom stereocenters. The van der Waals surface area contributed by atoms with Gasteiger partial charge in [-0.15, -0.1) is 0 Å². The van der Waals surface area contributed by atoms with Gasteiger partial charge in [-0.2, -0.15) is 0 Å². The van der Waals surface area contributed by atoms with Crippen LogP contribution in [0.15, 0.2) is 24.3 Å². The Balaban J connectivity index is 2.72. The molecular formula is C13H15NO2. The van der Waals surface area contributed by atoms with Gasteiger partial charge in [0.2, 0.25) is 5.91 Å². The standard InChI is InChI=1S/C13H15NO2/c1-2-13(16)14-12-8-5-7-11(10-12)6-3-4-9-15/h5,7-8,10,15H,2,4,9H2,1H3,(H,14,16). The summed E-state index contributed by atoms with van der Waals surface area (Å²) in [6, 6.07) is 7.35. The van der Waals surface area contributed by atoms with E-state index in [1.54, 1.807) is 6.92 Å². The number of aliphatic hydroxyl groups is 1. The van der Waals surface area contributed by atoms with E-state index in [9.17, 15) is 4.79 Å². The van der Waals surface area contributed by atoms with Gasteiger partial charge in [0.1, 0.15) is 0 Å². The van der Waals surface area contributed by atoms with Crippen LogP contribution in [0.25, 0.3) is 0 Å². The van der Waals surface area contributed by atoms with Gasteiger partial charge in [-0.05, 0) is 18.2 Å². The van der Waals surface area contributed by atoms with Gasteiger partial charge in [-0.25, -0.2) is 0 Å². The first kappa shape index (κ1) is 12.3. The molecule has 1 aromatic rings. The third-order valence-corrected chi connectivity index (χ3v) is 1.94. The smallest absolute Gasteiger partial charge is 0.224 e. The third kappa shape index (κ3) is 4.16. The average molecular weight is 217 g/mol. The van der Waals surface area contributed by atoms with Gasteiger partial charge in [0.15, 0.2) is 0 Å². The van der Waals surface area contributed by atoms with Gasteiger partial charge >= 0.3 is 0 Å². The van der Waals surface area contributed by atoms with Crippen molar-refractivity contribution >= 4 is 11.6 Å². The largest absolute Gasteiger partial charge is 0.395 e. The Labute approximate surface area is 95.5 Å². The SMILES string of the molecule is CCC(=O)Nc1cccc(C#CCCO)c1. The highest BCUT2D eigenvalue weighted by Crippen LogP contribution is 2.09. The second-order valence-electron chi connectivity index (χ2n) is 3.26.